The molecule has 10 rings (SSSR count). The maximum Gasteiger partial charge on any atom is 0.0972 e. The lowest BCUT2D eigenvalue weighted by Crippen LogP contribution is -1.94. The predicted molar refractivity (Wildman–Crippen MR) is 197 cm³/mol. The van der Waals surface area contributed by atoms with Crippen molar-refractivity contribution in [2.45, 2.75) is 0 Å². The second-order valence-electron chi connectivity index (χ2n) is 12.1. The van der Waals surface area contributed by atoms with Gasteiger partial charge < -0.3 is 0 Å². The van der Waals surface area contributed by atoms with Gasteiger partial charge in [-0.05, 0) is 30.3 Å². The molecule has 0 aliphatic carbocycles. The molecule has 0 fully saturated rings. The van der Waals surface area contributed by atoms with Gasteiger partial charge in [0.2, 0.25) is 0 Å². The molecule has 0 aliphatic heterocycles. The molecule has 5 heteroatoms. The molecule has 0 aliphatic rings. The summed E-state index contributed by atoms with van der Waals surface area (Å²) < 4.78 is 0. The predicted octanol–water partition coefficient (Wildman–Crippen LogP) is 10.6. The molecule has 0 saturated carbocycles. The first-order valence-electron chi connectivity index (χ1n) is 16.0. The molecule has 5 aromatic carbocycles. The molecule has 10 aromatic rings. The highest BCUT2D eigenvalue weighted by Crippen LogP contribution is 2.38. The van der Waals surface area contributed by atoms with Gasteiger partial charge in [0.1, 0.15) is 0 Å². The van der Waals surface area contributed by atoms with Crippen LogP contribution >= 0.6 is 0 Å². The molecule has 0 N–H and O–H groups in total. The molecule has 0 amide bonds. The number of rotatable bonds is 3. The zero-order chi connectivity index (χ0) is 31.6. The maximum absolute atomic E-state index is 5.22. The Morgan fingerprint density at radius 1 is 0.375 bits per heavy atom. The standard InChI is InChI=1S/C43H25N5/c1-2-8-26(9-3-1)35-21-18-28-15-16-29-19-22-36(47-42(29)41(28)46-35)30-10-6-11-31(24-30)39-34-25-45-43-33(20-17-27-12-7-23-44-40(27)43)38(34)32-13-4-5-14-37(32)48-39/h1-25H. The number of pyridine rings is 5. The van der Waals surface area contributed by atoms with Crippen LogP contribution in [0.25, 0.3) is 99.1 Å². The SMILES string of the molecule is c1ccc(-c2ccc3ccc4ccc(-c5cccc(-c6nc7ccccc7c7c6cnc6c7ccc7cccnc76)c5)nc4c3n2)cc1. The Bertz CT molecular complexity index is 2900. The van der Waals surface area contributed by atoms with Crippen LogP contribution < -0.4 is 0 Å². The summed E-state index contributed by atoms with van der Waals surface area (Å²) >= 11 is 0. The molecule has 5 heterocycles. The minimum absolute atomic E-state index is 0.884. The number of fused-ring (bicyclic) bond motifs is 10. The van der Waals surface area contributed by atoms with Crippen molar-refractivity contribution < 1.29 is 0 Å². The lowest BCUT2D eigenvalue weighted by atomic mass is 9.96. The molecular formula is C43H25N5. The van der Waals surface area contributed by atoms with E-state index in [-0.39, 0.29) is 0 Å². The lowest BCUT2D eigenvalue weighted by molar-refractivity contribution is 1.36. The monoisotopic (exact) mass is 611 g/mol. The minimum Gasteiger partial charge on any atom is -0.254 e. The van der Waals surface area contributed by atoms with Crippen LogP contribution in [0.2, 0.25) is 0 Å². The van der Waals surface area contributed by atoms with E-state index < -0.39 is 0 Å². The third-order valence-electron chi connectivity index (χ3n) is 9.29. The second-order valence-corrected chi connectivity index (χ2v) is 12.1. The molecule has 0 bridgehead atoms. The summed E-state index contributed by atoms with van der Waals surface area (Å²) in [5.74, 6) is 0. The van der Waals surface area contributed by atoms with Crippen LogP contribution in [-0.4, -0.2) is 24.9 Å². The molecule has 0 spiro atoms. The molecular weight excluding hydrogens is 587 g/mol. The van der Waals surface area contributed by atoms with Gasteiger partial charge in [-0.2, -0.15) is 0 Å². The highest BCUT2D eigenvalue weighted by Gasteiger charge is 2.16. The fraction of sp³-hybridized carbons (Fsp3) is 0. The number of hydrogen-bond acceptors (Lipinski definition) is 5. The lowest BCUT2D eigenvalue weighted by Gasteiger charge is -2.14. The van der Waals surface area contributed by atoms with Crippen LogP contribution in [-0.2, 0) is 0 Å². The maximum atomic E-state index is 5.22. The van der Waals surface area contributed by atoms with Crippen molar-refractivity contribution in [3.8, 4) is 33.8 Å². The number of benzene rings is 5. The van der Waals surface area contributed by atoms with E-state index in [1.165, 1.54) is 0 Å². The Morgan fingerprint density at radius 3 is 1.88 bits per heavy atom. The highest BCUT2D eigenvalue weighted by molar-refractivity contribution is 6.24. The molecule has 5 aromatic heterocycles. The Kier molecular flexibility index (Phi) is 5.81. The summed E-state index contributed by atoms with van der Waals surface area (Å²) in [5, 5.41) is 7.50. The minimum atomic E-state index is 0.884. The zero-order valence-corrected chi connectivity index (χ0v) is 25.7. The molecule has 0 saturated heterocycles. The van der Waals surface area contributed by atoms with Crippen LogP contribution in [0.5, 0.6) is 0 Å². The molecule has 0 radical (unpaired) electrons. The molecule has 0 unspecified atom stereocenters. The van der Waals surface area contributed by atoms with E-state index in [2.05, 4.69) is 109 Å². The second kappa shape index (κ2) is 10.5. The Labute approximate surface area is 275 Å². The van der Waals surface area contributed by atoms with Crippen molar-refractivity contribution in [1.82, 2.24) is 24.9 Å². The fourth-order valence-electron chi connectivity index (χ4n) is 6.98. The van der Waals surface area contributed by atoms with Crippen LogP contribution in [0.3, 0.4) is 0 Å². The van der Waals surface area contributed by atoms with Crippen molar-refractivity contribution in [2.24, 2.45) is 0 Å². The largest absolute Gasteiger partial charge is 0.254 e. The first-order valence-corrected chi connectivity index (χ1v) is 16.0. The van der Waals surface area contributed by atoms with Gasteiger partial charge in [-0.3, -0.25) is 9.97 Å². The van der Waals surface area contributed by atoms with Crippen molar-refractivity contribution in [3.05, 3.63) is 152 Å². The van der Waals surface area contributed by atoms with E-state index in [1.807, 2.05) is 42.7 Å². The number of para-hydroxylation sites is 1. The third-order valence-corrected chi connectivity index (χ3v) is 9.29. The summed E-state index contributed by atoms with van der Waals surface area (Å²) in [4.78, 5) is 25.2. The summed E-state index contributed by atoms with van der Waals surface area (Å²) in [6, 6.07) is 48.2. The van der Waals surface area contributed by atoms with Crippen molar-refractivity contribution in [3.63, 3.8) is 0 Å². The van der Waals surface area contributed by atoms with Crippen molar-refractivity contribution >= 4 is 65.3 Å². The van der Waals surface area contributed by atoms with Gasteiger partial charge in [0, 0.05) is 66.8 Å². The Morgan fingerprint density at radius 2 is 1.04 bits per heavy atom. The summed E-state index contributed by atoms with van der Waals surface area (Å²) in [7, 11) is 0. The van der Waals surface area contributed by atoms with Gasteiger partial charge in [0.05, 0.1) is 44.7 Å². The van der Waals surface area contributed by atoms with Gasteiger partial charge in [-0.25, -0.2) is 15.0 Å². The Balaban J connectivity index is 1.17. The van der Waals surface area contributed by atoms with Gasteiger partial charge >= 0.3 is 0 Å². The van der Waals surface area contributed by atoms with E-state index >= 15 is 0 Å². The zero-order valence-electron chi connectivity index (χ0n) is 25.7. The van der Waals surface area contributed by atoms with Gasteiger partial charge in [0.15, 0.2) is 0 Å². The first-order chi connectivity index (χ1) is 23.8. The fourth-order valence-corrected chi connectivity index (χ4v) is 6.98. The van der Waals surface area contributed by atoms with E-state index in [9.17, 15) is 0 Å². The average Bonchev–Trinajstić information content (AvgIpc) is 3.17. The topological polar surface area (TPSA) is 64.5 Å². The van der Waals surface area contributed by atoms with Crippen molar-refractivity contribution in [2.75, 3.05) is 0 Å². The third kappa shape index (κ3) is 4.15. The van der Waals surface area contributed by atoms with Crippen LogP contribution in [0.1, 0.15) is 0 Å². The van der Waals surface area contributed by atoms with Crippen LogP contribution in [0, 0.1) is 0 Å². The average molecular weight is 612 g/mol. The Hall–Kier alpha value is -6.59. The van der Waals surface area contributed by atoms with Crippen LogP contribution in [0.15, 0.2) is 152 Å². The normalized spacial score (nSPS) is 11.8. The number of nitrogens with zero attached hydrogens (tertiary/aromatic N) is 5. The quantitative estimate of drug-likeness (QED) is 0.186. The van der Waals surface area contributed by atoms with Gasteiger partial charge in [-0.1, -0.05) is 109 Å². The van der Waals surface area contributed by atoms with Crippen LogP contribution in [0.4, 0.5) is 0 Å². The smallest absolute Gasteiger partial charge is 0.0972 e. The van der Waals surface area contributed by atoms with E-state index in [4.69, 9.17) is 24.9 Å². The molecule has 0 atom stereocenters. The molecule has 222 valence electrons. The van der Waals surface area contributed by atoms with Crippen molar-refractivity contribution in [1.29, 1.82) is 0 Å². The first kappa shape index (κ1) is 26.6. The molecule has 5 nitrogen and oxygen atoms in total. The number of hydrogen-bond donors (Lipinski definition) is 0. The van der Waals surface area contributed by atoms with E-state index in [0.29, 0.717) is 0 Å². The highest BCUT2D eigenvalue weighted by atomic mass is 14.8. The molecule has 48 heavy (non-hydrogen) atoms. The van der Waals surface area contributed by atoms with Gasteiger partial charge in [-0.15, -0.1) is 0 Å². The van der Waals surface area contributed by atoms with E-state index in [1.54, 1.807) is 0 Å². The van der Waals surface area contributed by atoms with E-state index in [0.717, 1.165) is 99.1 Å². The summed E-state index contributed by atoms with van der Waals surface area (Å²) in [6.07, 6.45) is 3.79. The van der Waals surface area contributed by atoms with Gasteiger partial charge in [0.25, 0.3) is 0 Å². The summed E-state index contributed by atoms with van der Waals surface area (Å²) in [6.45, 7) is 0. The number of aromatic nitrogens is 5. The summed E-state index contributed by atoms with van der Waals surface area (Å²) in [5.41, 5.74) is 10.3.